The maximum Gasteiger partial charge on any atom is 0.232 e. The molecule has 0 bridgehead atoms. The molecule has 1 amide bonds. The first kappa shape index (κ1) is 21.0. The molecule has 1 N–H and O–H groups in total. The van der Waals surface area contributed by atoms with Crippen LogP contribution in [0.25, 0.3) is 0 Å². The van der Waals surface area contributed by atoms with Gasteiger partial charge < -0.3 is 5.32 Å². The number of carbonyl (C=O) groups excluding carboxylic acids is 1. The largest absolute Gasteiger partial charge is 0.326 e. The van der Waals surface area contributed by atoms with Gasteiger partial charge in [0.05, 0.1) is 11.9 Å². The van der Waals surface area contributed by atoms with Gasteiger partial charge >= 0.3 is 0 Å². The Morgan fingerprint density at radius 2 is 1.74 bits per heavy atom. The van der Waals surface area contributed by atoms with Crippen LogP contribution in [0.2, 0.25) is 0 Å². The van der Waals surface area contributed by atoms with Gasteiger partial charge in [-0.15, -0.1) is 0 Å². The van der Waals surface area contributed by atoms with E-state index in [1.54, 1.807) is 6.07 Å². The highest BCUT2D eigenvalue weighted by Gasteiger charge is 2.22. The van der Waals surface area contributed by atoms with Crippen LogP contribution in [0.3, 0.4) is 0 Å². The Balaban J connectivity index is 2.16. The van der Waals surface area contributed by atoms with Gasteiger partial charge in [-0.1, -0.05) is 38.1 Å². The molecule has 0 spiro atoms. The number of amides is 1. The van der Waals surface area contributed by atoms with Gasteiger partial charge in [0.15, 0.2) is 0 Å². The van der Waals surface area contributed by atoms with Crippen LogP contribution in [-0.2, 0) is 14.8 Å². The third kappa shape index (κ3) is 5.57. The zero-order valence-electron chi connectivity index (χ0n) is 16.6. The van der Waals surface area contributed by atoms with Crippen molar-refractivity contribution in [1.29, 1.82) is 0 Å². The third-order valence-corrected chi connectivity index (χ3v) is 5.74. The molecule has 2 aromatic rings. The monoisotopic (exact) mass is 388 g/mol. The summed E-state index contributed by atoms with van der Waals surface area (Å²) in [5, 5.41) is 2.85. The molecule has 0 unspecified atom stereocenters. The molecule has 5 nitrogen and oxygen atoms in total. The summed E-state index contributed by atoms with van der Waals surface area (Å²) in [5.41, 5.74) is 4.54. The molecule has 0 saturated heterocycles. The number of benzene rings is 2. The second-order valence-corrected chi connectivity index (χ2v) is 9.05. The fourth-order valence-corrected chi connectivity index (χ4v) is 3.86. The lowest BCUT2D eigenvalue weighted by Gasteiger charge is -2.26. The van der Waals surface area contributed by atoms with Gasteiger partial charge in [-0.3, -0.25) is 9.10 Å². The van der Waals surface area contributed by atoms with E-state index in [0.29, 0.717) is 5.69 Å². The van der Waals surface area contributed by atoms with Crippen molar-refractivity contribution in [2.24, 2.45) is 0 Å². The number of nitrogens with zero attached hydrogens (tertiary/aromatic N) is 1. The second kappa shape index (κ2) is 8.57. The predicted molar refractivity (Wildman–Crippen MR) is 112 cm³/mol. The summed E-state index contributed by atoms with van der Waals surface area (Å²) < 4.78 is 26.0. The van der Waals surface area contributed by atoms with Gasteiger partial charge in [0, 0.05) is 18.7 Å². The number of para-hydroxylation sites is 1. The van der Waals surface area contributed by atoms with Crippen LogP contribution in [0.15, 0.2) is 42.5 Å². The zero-order chi connectivity index (χ0) is 20.2. The van der Waals surface area contributed by atoms with Crippen LogP contribution >= 0.6 is 0 Å². The summed E-state index contributed by atoms with van der Waals surface area (Å²) in [5.74, 6) is -0.0382. The van der Waals surface area contributed by atoms with E-state index in [-0.39, 0.29) is 24.8 Å². The molecule has 6 heteroatoms. The fraction of sp³-hybridized carbons (Fsp3) is 0.381. The highest BCUT2D eigenvalue weighted by Crippen LogP contribution is 2.29. The molecule has 0 aliphatic heterocycles. The van der Waals surface area contributed by atoms with E-state index in [2.05, 4.69) is 5.32 Å². The van der Waals surface area contributed by atoms with E-state index in [1.807, 2.05) is 64.1 Å². The molecule has 0 aliphatic carbocycles. The molecule has 0 aromatic heterocycles. The molecule has 2 aromatic carbocycles. The van der Waals surface area contributed by atoms with Crippen LogP contribution in [0.1, 0.15) is 42.9 Å². The molecule has 146 valence electrons. The lowest BCUT2D eigenvalue weighted by molar-refractivity contribution is -0.116. The number of hydrogen-bond acceptors (Lipinski definition) is 3. The molecule has 0 fully saturated rings. The van der Waals surface area contributed by atoms with E-state index >= 15 is 0 Å². The smallest absolute Gasteiger partial charge is 0.232 e. The van der Waals surface area contributed by atoms with Gasteiger partial charge in [-0.2, -0.15) is 0 Å². The van der Waals surface area contributed by atoms with Crippen LogP contribution < -0.4 is 9.62 Å². The molecule has 0 saturated carbocycles. The third-order valence-electron chi connectivity index (χ3n) is 4.56. The summed E-state index contributed by atoms with van der Waals surface area (Å²) in [7, 11) is -3.50. The van der Waals surface area contributed by atoms with Crippen molar-refractivity contribution in [2.45, 2.75) is 40.0 Å². The fourth-order valence-electron chi connectivity index (χ4n) is 2.91. The molecule has 0 heterocycles. The molecule has 2 rings (SSSR count). The Bertz CT molecular complexity index is 921. The Hall–Kier alpha value is -2.34. The summed E-state index contributed by atoms with van der Waals surface area (Å²) in [6, 6.07) is 13.1. The molecular formula is C21H28N2O3S. The first-order valence-corrected chi connectivity index (χ1v) is 10.9. The standard InChI is InChI=1S/C21H28N2O3S/c1-15(2)19-8-6-7-9-20(19)23(27(5,25)26)13-12-21(24)22-18-11-10-16(3)17(4)14-18/h6-11,14-15H,12-13H2,1-5H3,(H,22,24). The minimum Gasteiger partial charge on any atom is -0.326 e. The average molecular weight is 389 g/mol. The van der Waals surface area contributed by atoms with Gasteiger partial charge in [-0.25, -0.2) is 8.42 Å². The highest BCUT2D eigenvalue weighted by atomic mass is 32.2. The highest BCUT2D eigenvalue weighted by molar-refractivity contribution is 7.92. The Labute approximate surface area is 162 Å². The van der Waals surface area contributed by atoms with Gasteiger partial charge in [-0.05, 0) is 54.7 Å². The van der Waals surface area contributed by atoms with E-state index in [1.165, 1.54) is 10.6 Å². The molecular weight excluding hydrogens is 360 g/mol. The van der Waals surface area contributed by atoms with Crippen molar-refractivity contribution in [2.75, 3.05) is 22.4 Å². The maximum absolute atomic E-state index is 12.4. The van der Waals surface area contributed by atoms with E-state index in [9.17, 15) is 13.2 Å². The summed E-state index contributed by atoms with van der Waals surface area (Å²) in [4.78, 5) is 12.4. The van der Waals surface area contributed by atoms with Crippen LogP contribution in [0, 0.1) is 13.8 Å². The lowest BCUT2D eigenvalue weighted by Crippen LogP contribution is -2.33. The topological polar surface area (TPSA) is 66.5 Å². The van der Waals surface area contributed by atoms with E-state index in [0.717, 1.165) is 22.4 Å². The lowest BCUT2D eigenvalue weighted by atomic mass is 10.0. The quantitative estimate of drug-likeness (QED) is 0.772. The van der Waals surface area contributed by atoms with Crippen molar-refractivity contribution in [3.8, 4) is 0 Å². The summed E-state index contributed by atoms with van der Waals surface area (Å²) in [6.07, 6.45) is 1.25. The number of sulfonamides is 1. The van der Waals surface area contributed by atoms with Crippen molar-refractivity contribution in [3.63, 3.8) is 0 Å². The number of anilines is 2. The summed E-state index contributed by atoms with van der Waals surface area (Å²) >= 11 is 0. The Kier molecular flexibility index (Phi) is 6.65. The van der Waals surface area contributed by atoms with Crippen LogP contribution in [-0.4, -0.2) is 27.1 Å². The number of aryl methyl sites for hydroxylation is 2. The van der Waals surface area contributed by atoms with Crippen molar-refractivity contribution < 1.29 is 13.2 Å². The molecule has 27 heavy (non-hydrogen) atoms. The minimum atomic E-state index is -3.50. The predicted octanol–water partition coefficient (Wildman–Crippen LogP) is 4.22. The van der Waals surface area contributed by atoms with Gasteiger partial charge in [0.2, 0.25) is 15.9 Å². The Morgan fingerprint density at radius 3 is 2.33 bits per heavy atom. The Morgan fingerprint density at radius 1 is 1.07 bits per heavy atom. The van der Waals surface area contributed by atoms with Crippen LogP contribution in [0.5, 0.6) is 0 Å². The SMILES string of the molecule is Cc1ccc(NC(=O)CCN(c2ccccc2C(C)C)S(C)(=O)=O)cc1C. The molecule has 0 atom stereocenters. The molecule has 0 radical (unpaired) electrons. The van der Waals surface area contributed by atoms with Crippen molar-refractivity contribution in [1.82, 2.24) is 0 Å². The van der Waals surface area contributed by atoms with Gasteiger partial charge in [0.25, 0.3) is 0 Å². The van der Waals surface area contributed by atoms with E-state index in [4.69, 9.17) is 0 Å². The number of nitrogens with one attached hydrogen (secondary N) is 1. The van der Waals surface area contributed by atoms with E-state index < -0.39 is 10.0 Å². The first-order valence-electron chi connectivity index (χ1n) is 9.03. The van der Waals surface area contributed by atoms with Crippen LogP contribution in [0.4, 0.5) is 11.4 Å². The maximum atomic E-state index is 12.4. The number of rotatable bonds is 7. The van der Waals surface area contributed by atoms with Gasteiger partial charge in [0.1, 0.15) is 0 Å². The number of carbonyl (C=O) groups is 1. The first-order chi connectivity index (χ1) is 12.6. The zero-order valence-corrected chi connectivity index (χ0v) is 17.4. The average Bonchev–Trinajstić information content (AvgIpc) is 2.57. The molecule has 0 aliphatic rings. The normalized spacial score (nSPS) is 11.5. The summed E-state index contributed by atoms with van der Waals surface area (Å²) in [6.45, 7) is 8.13. The minimum absolute atomic E-state index is 0.0758. The second-order valence-electron chi connectivity index (χ2n) is 7.15. The number of hydrogen-bond donors (Lipinski definition) is 1. The van der Waals surface area contributed by atoms with Crippen molar-refractivity contribution >= 4 is 27.3 Å². The van der Waals surface area contributed by atoms with Crippen molar-refractivity contribution in [3.05, 3.63) is 59.2 Å².